The molecule has 2 aliphatic rings. The highest BCUT2D eigenvalue weighted by atomic mass is 16.3. The number of likely N-dealkylation sites (tertiary alicyclic amines) is 1. The molecule has 1 unspecified atom stereocenters. The van der Waals surface area contributed by atoms with Gasteiger partial charge in [0, 0.05) is 12.5 Å². The van der Waals surface area contributed by atoms with Gasteiger partial charge in [0.15, 0.2) is 0 Å². The lowest BCUT2D eigenvalue weighted by molar-refractivity contribution is 0.0990. The lowest BCUT2D eigenvalue weighted by Gasteiger charge is -2.22. The molecule has 0 amide bonds. The Bertz CT molecular complexity index is 371. The van der Waals surface area contributed by atoms with Crippen LogP contribution < -0.4 is 0 Å². The lowest BCUT2D eigenvalue weighted by atomic mass is 10.0. The van der Waals surface area contributed by atoms with E-state index in [-0.39, 0.29) is 6.10 Å². The van der Waals surface area contributed by atoms with E-state index in [0.29, 0.717) is 5.92 Å². The highest BCUT2D eigenvalue weighted by Crippen LogP contribution is 2.36. The molecule has 2 atom stereocenters. The molecule has 1 aromatic carbocycles. The van der Waals surface area contributed by atoms with Crippen molar-refractivity contribution >= 4 is 0 Å². The number of benzene rings is 1. The number of nitrogens with zero attached hydrogens (tertiary/aromatic N) is 1. The third kappa shape index (κ3) is 1.76. The standard InChI is InChI=1S/C14H19NO/c16-14-12(10-15-7-3-4-8-15)9-11-5-1-2-6-13(11)14/h1-2,5-6,12,14,16H,3-4,7-10H2/t12-,14?/m1/s1. The molecule has 0 bridgehead atoms. The van der Waals surface area contributed by atoms with E-state index in [0.717, 1.165) is 18.5 Å². The van der Waals surface area contributed by atoms with Gasteiger partial charge in [-0.05, 0) is 43.5 Å². The molecule has 0 radical (unpaired) electrons. The van der Waals surface area contributed by atoms with Crippen molar-refractivity contribution in [1.82, 2.24) is 4.90 Å². The number of aliphatic hydroxyl groups is 1. The molecule has 2 nitrogen and oxygen atoms in total. The van der Waals surface area contributed by atoms with E-state index in [1.807, 2.05) is 6.07 Å². The van der Waals surface area contributed by atoms with Crippen molar-refractivity contribution in [3.8, 4) is 0 Å². The summed E-state index contributed by atoms with van der Waals surface area (Å²) in [6, 6.07) is 8.33. The van der Waals surface area contributed by atoms with Gasteiger partial charge < -0.3 is 10.0 Å². The van der Waals surface area contributed by atoms with E-state index in [1.54, 1.807) is 0 Å². The summed E-state index contributed by atoms with van der Waals surface area (Å²) < 4.78 is 0. The van der Waals surface area contributed by atoms with Crippen LogP contribution in [0.2, 0.25) is 0 Å². The Morgan fingerprint density at radius 1 is 1.19 bits per heavy atom. The number of aliphatic hydroxyl groups excluding tert-OH is 1. The monoisotopic (exact) mass is 217 g/mol. The first-order valence-electron chi connectivity index (χ1n) is 6.33. The Kier molecular flexibility index (Phi) is 2.70. The smallest absolute Gasteiger partial charge is 0.0836 e. The molecule has 0 spiro atoms. The van der Waals surface area contributed by atoms with Gasteiger partial charge in [0.1, 0.15) is 0 Å². The predicted octanol–water partition coefficient (Wildman–Crippen LogP) is 1.99. The normalized spacial score (nSPS) is 29.6. The van der Waals surface area contributed by atoms with Crippen molar-refractivity contribution in [3.05, 3.63) is 35.4 Å². The molecule has 1 saturated heterocycles. The summed E-state index contributed by atoms with van der Waals surface area (Å²) in [7, 11) is 0. The number of hydrogen-bond acceptors (Lipinski definition) is 2. The minimum Gasteiger partial charge on any atom is -0.388 e. The molecule has 2 heteroatoms. The minimum atomic E-state index is -0.239. The summed E-state index contributed by atoms with van der Waals surface area (Å²) in [5.41, 5.74) is 2.51. The average Bonchev–Trinajstić information content (AvgIpc) is 2.90. The molecule has 3 rings (SSSR count). The molecule has 16 heavy (non-hydrogen) atoms. The first-order chi connectivity index (χ1) is 7.84. The third-order valence-electron chi connectivity index (χ3n) is 3.99. The Morgan fingerprint density at radius 2 is 1.94 bits per heavy atom. The lowest BCUT2D eigenvalue weighted by Crippen LogP contribution is -2.28. The van der Waals surface area contributed by atoms with Gasteiger partial charge in [-0.25, -0.2) is 0 Å². The van der Waals surface area contributed by atoms with Crippen LogP contribution in [0.15, 0.2) is 24.3 Å². The van der Waals surface area contributed by atoms with Crippen LogP contribution in [0, 0.1) is 5.92 Å². The van der Waals surface area contributed by atoms with E-state index in [9.17, 15) is 5.11 Å². The third-order valence-corrected chi connectivity index (χ3v) is 3.99. The largest absolute Gasteiger partial charge is 0.388 e. The van der Waals surface area contributed by atoms with Crippen molar-refractivity contribution in [1.29, 1.82) is 0 Å². The molecular formula is C14H19NO. The van der Waals surface area contributed by atoms with Crippen LogP contribution in [0.25, 0.3) is 0 Å². The SMILES string of the molecule is OC1c2ccccc2C[C@@H]1CN1CCCC1. The summed E-state index contributed by atoms with van der Waals surface area (Å²) in [6.07, 6.45) is 3.47. The van der Waals surface area contributed by atoms with Crippen molar-refractivity contribution in [3.63, 3.8) is 0 Å². The molecule has 1 aliphatic carbocycles. The molecule has 1 aromatic rings. The van der Waals surface area contributed by atoms with Crippen molar-refractivity contribution in [2.75, 3.05) is 19.6 Å². The molecule has 1 N–H and O–H groups in total. The van der Waals surface area contributed by atoms with Gasteiger partial charge in [0.05, 0.1) is 6.10 Å². The first kappa shape index (κ1) is 10.3. The molecule has 1 fully saturated rings. The first-order valence-corrected chi connectivity index (χ1v) is 6.33. The van der Waals surface area contributed by atoms with E-state index >= 15 is 0 Å². The average molecular weight is 217 g/mol. The Morgan fingerprint density at radius 3 is 2.69 bits per heavy atom. The second-order valence-electron chi connectivity index (χ2n) is 5.12. The van der Waals surface area contributed by atoms with Crippen molar-refractivity contribution < 1.29 is 5.11 Å². The Hall–Kier alpha value is -0.860. The minimum absolute atomic E-state index is 0.239. The zero-order chi connectivity index (χ0) is 11.0. The van der Waals surface area contributed by atoms with Crippen molar-refractivity contribution in [2.45, 2.75) is 25.4 Å². The quantitative estimate of drug-likeness (QED) is 0.819. The summed E-state index contributed by atoms with van der Waals surface area (Å²) in [4.78, 5) is 2.50. The zero-order valence-electron chi connectivity index (χ0n) is 9.60. The highest BCUT2D eigenvalue weighted by Gasteiger charge is 2.32. The molecule has 1 heterocycles. The summed E-state index contributed by atoms with van der Waals surface area (Å²) in [5, 5.41) is 10.3. The van der Waals surface area contributed by atoms with Crippen LogP contribution in [0.5, 0.6) is 0 Å². The van der Waals surface area contributed by atoms with Gasteiger partial charge in [0.2, 0.25) is 0 Å². The van der Waals surface area contributed by atoms with Crippen LogP contribution in [-0.4, -0.2) is 29.6 Å². The van der Waals surface area contributed by atoms with Crippen LogP contribution in [0.3, 0.4) is 0 Å². The molecule has 86 valence electrons. The van der Waals surface area contributed by atoms with Crippen LogP contribution in [0.4, 0.5) is 0 Å². The Balaban J connectivity index is 1.71. The second-order valence-corrected chi connectivity index (χ2v) is 5.12. The van der Waals surface area contributed by atoms with Gasteiger partial charge in [-0.1, -0.05) is 24.3 Å². The van der Waals surface area contributed by atoms with E-state index < -0.39 is 0 Å². The molecule has 1 aliphatic heterocycles. The fourth-order valence-electron chi connectivity index (χ4n) is 3.12. The maximum atomic E-state index is 10.3. The number of fused-ring (bicyclic) bond motifs is 1. The highest BCUT2D eigenvalue weighted by molar-refractivity contribution is 5.34. The van der Waals surface area contributed by atoms with Gasteiger partial charge in [-0.15, -0.1) is 0 Å². The molecule has 0 saturated carbocycles. The second kappa shape index (κ2) is 4.19. The maximum Gasteiger partial charge on any atom is 0.0836 e. The Labute approximate surface area is 96.9 Å². The zero-order valence-corrected chi connectivity index (χ0v) is 9.60. The maximum absolute atomic E-state index is 10.3. The van der Waals surface area contributed by atoms with E-state index in [2.05, 4.69) is 23.1 Å². The number of rotatable bonds is 2. The summed E-state index contributed by atoms with van der Waals surface area (Å²) in [6.45, 7) is 3.51. The summed E-state index contributed by atoms with van der Waals surface area (Å²) in [5.74, 6) is 0.412. The van der Waals surface area contributed by atoms with E-state index in [4.69, 9.17) is 0 Å². The molecule has 0 aromatic heterocycles. The summed E-state index contributed by atoms with van der Waals surface area (Å²) >= 11 is 0. The van der Waals surface area contributed by atoms with Crippen LogP contribution >= 0.6 is 0 Å². The number of hydrogen-bond donors (Lipinski definition) is 1. The fourth-order valence-corrected chi connectivity index (χ4v) is 3.12. The molecular weight excluding hydrogens is 198 g/mol. The van der Waals surface area contributed by atoms with Gasteiger partial charge in [0.25, 0.3) is 0 Å². The van der Waals surface area contributed by atoms with E-state index in [1.165, 1.54) is 31.5 Å². The van der Waals surface area contributed by atoms with Crippen LogP contribution in [-0.2, 0) is 6.42 Å². The fraction of sp³-hybridized carbons (Fsp3) is 0.571. The topological polar surface area (TPSA) is 23.5 Å². The van der Waals surface area contributed by atoms with Gasteiger partial charge in [-0.3, -0.25) is 0 Å². The van der Waals surface area contributed by atoms with Crippen LogP contribution in [0.1, 0.15) is 30.1 Å². The predicted molar refractivity (Wildman–Crippen MR) is 64.3 cm³/mol. The van der Waals surface area contributed by atoms with Gasteiger partial charge >= 0.3 is 0 Å². The van der Waals surface area contributed by atoms with Crippen molar-refractivity contribution in [2.24, 2.45) is 5.92 Å². The van der Waals surface area contributed by atoms with Gasteiger partial charge in [-0.2, -0.15) is 0 Å².